The fraction of sp³-hybridized carbons (Fsp3) is 0.0476. The third-order valence-electron chi connectivity index (χ3n) is 4.39. The predicted octanol–water partition coefficient (Wildman–Crippen LogP) is 2.33. The van der Waals surface area contributed by atoms with Crippen molar-refractivity contribution in [2.45, 2.75) is 16.3 Å². The molecular weight excluding hydrogens is 466 g/mol. The summed E-state index contributed by atoms with van der Waals surface area (Å²) in [5.41, 5.74) is 1.74. The second-order valence-electron chi connectivity index (χ2n) is 6.81. The van der Waals surface area contributed by atoms with Crippen LogP contribution in [0, 0.1) is 11.3 Å². The number of carbonyl (C=O) groups is 1. The number of nitrogens with zero attached hydrogens (tertiary/aromatic N) is 1. The number of sulfonamides is 2. The highest BCUT2D eigenvalue weighted by Crippen LogP contribution is 2.16. The van der Waals surface area contributed by atoms with Crippen LogP contribution in [-0.2, 0) is 26.6 Å². The first kappa shape index (κ1) is 23.9. The quantitative estimate of drug-likeness (QED) is 0.400. The molecule has 2 amide bonds. The third kappa shape index (κ3) is 6.61. The average molecular weight is 486 g/mol. The molecule has 0 unspecified atom stereocenters. The van der Waals surface area contributed by atoms with Crippen molar-refractivity contribution >= 4 is 37.5 Å². The molecule has 0 saturated heterocycles. The van der Waals surface area contributed by atoms with E-state index in [1.54, 1.807) is 18.2 Å². The molecule has 0 atom stereocenters. The molecule has 0 fully saturated rings. The Balaban J connectivity index is 1.60. The molecule has 0 radical (unpaired) electrons. The van der Waals surface area contributed by atoms with Gasteiger partial charge in [-0.15, -0.1) is 0 Å². The van der Waals surface area contributed by atoms with Crippen LogP contribution in [0.4, 0.5) is 16.2 Å². The monoisotopic (exact) mass is 485 g/mol. The Bertz CT molecular complexity index is 1410. The standard InChI is InChI=1S/C21H19N5O5S2/c22-13-16-2-1-3-18(12-16)26-21(27)25-17-6-10-20(11-7-17)33(30,31)24-14-15-4-8-19(9-5-15)32(23,28)29/h1-12,24H,14H2,(H2,23,28,29)(H2,25,26,27). The lowest BCUT2D eigenvalue weighted by molar-refractivity contribution is 0.262. The van der Waals surface area contributed by atoms with Gasteiger partial charge in [-0.05, 0) is 60.2 Å². The van der Waals surface area contributed by atoms with E-state index >= 15 is 0 Å². The van der Waals surface area contributed by atoms with Gasteiger partial charge in [0.15, 0.2) is 0 Å². The Morgan fingerprint density at radius 2 is 1.45 bits per heavy atom. The molecule has 12 heteroatoms. The normalized spacial score (nSPS) is 11.4. The Kier molecular flexibility index (Phi) is 7.10. The Hall–Kier alpha value is -3.76. The molecule has 10 nitrogen and oxygen atoms in total. The minimum Gasteiger partial charge on any atom is -0.308 e. The highest BCUT2D eigenvalue weighted by Gasteiger charge is 2.14. The minimum absolute atomic E-state index is 0.0173. The predicted molar refractivity (Wildman–Crippen MR) is 122 cm³/mol. The number of hydrogen-bond donors (Lipinski definition) is 4. The largest absolute Gasteiger partial charge is 0.323 e. The molecule has 3 aromatic rings. The van der Waals surface area contributed by atoms with Crippen molar-refractivity contribution in [3.05, 3.63) is 83.9 Å². The van der Waals surface area contributed by atoms with Crippen molar-refractivity contribution < 1.29 is 21.6 Å². The second kappa shape index (κ2) is 9.80. The van der Waals surface area contributed by atoms with Crippen LogP contribution < -0.4 is 20.5 Å². The third-order valence-corrected chi connectivity index (χ3v) is 6.74. The number of nitrogens with one attached hydrogen (secondary N) is 3. The summed E-state index contributed by atoms with van der Waals surface area (Å²) in [4.78, 5) is 12.0. The number of amides is 2. The first-order valence-electron chi connectivity index (χ1n) is 9.36. The van der Waals surface area contributed by atoms with Crippen molar-refractivity contribution in [2.75, 3.05) is 10.6 Å². The number of primary sulfonamides is 1. The van der Waals surface area contributed by atoms with Gasteiger partial charge in [-0.3, -0.25) is 0 Å². The fourth-order valence-corrected chi connectivity index (χ4v) is 4.27. The zero-order valence-electron chi connectivity index (χ0n) is 17.0. The van der Waals surface area contributed by atoms with Crippen LogP contribution >= 0.6 is 0 Å². The number of nitriles is 1. The van der Waals surface area contributed by atoms with Gasteiger partial charge in [-0.2, -0.15) is 5.26 Å². The molecule has 3 aromatic carbocycles. The van der Waals surface area contributed by atoms with Crippen LogP contribution in [0.25, 0.3) is 0 Å². The number of benzene rings is 3. The lowest BCUT2D eigenvalue weighted by Crippen LogP contribution is -2.23. The van der Waals surface area contributed by atoms with Gasteiger partial charge in [-0.1, -0.05) is 18.2 Å². The summed E-state index contributed by atoms with van der Waals surface area (Å²) in [7, 11) is -7.68. The van der Waals surface area contributed by atoms with Crippen molar-refractivity contribution in [3.8, 4) is 6.07 Å². The van der Waals surface area contributed by atoms with E-state index in [1.807, 2.05) is 6.07 Å². The fourth-order valence-electron chi connectivity index (χ4n) is 2.74. The lowest BCUT2D eigenvalue weighted by atomic mass is 10.2. The summed E-state index contributed by atoms with van der Waals surface area (Å²) in [6, 6.07) is 18.8. The first-order chi connectivity index (χ1) is 15.6. The number of anilines is 2. The molecule has 0 aliphatic heterocycles. The van der Waals surface area contributed by atoms with Crippen LogP contribution in [0.15, 0.2) is 82.6 Å². The van der Waals surface area contributed by atoms with Gasteiger partial charge in [0.05, 0.1) is 21.4 Å². The van der Waals surface area contributed by atoms with Gasteiger partial charge in [-0.25, -0.2) is 31.5 Å². The van der Waals surface area contributed by atoms with E-state index in [-0.39, 0.29) is 16.3 Å². The highest BCUT2D eigenvalue weighted by molar-refractivity contribution is 7.89. The summed E-state index contributed by atoms with van der Waals surface area (Å²) < 4.78 is 50.0. The Labute approximate surface area is 191 Å². The number of carbonyl (C=O) groups excluding carboxylic acids is 1. The van der Waals surface area contributed by atoms with E-state index in [0.29, 0.717) is 22.5 Å². The van der Waals surface area contributed by atoms with Crippen molar-refractivity contribution in [1.29, 1.82) is 5.26 Å². The van der Waals surface area contributed by atoms with E-state index in [1.165, 1.54) is 54.6 Å². The van der Waals surface area contributed by atoms with Crippen LogP contribution in [-0.4, -0.2) is 22.9 Å². The maximum absolute atomic E-state index is 12.5. The molecule has 0 aliphatic rings. The lowest BCUT2D eigenvalue weighted by Gasteiger charge is -2.10. The van der Waals surface area contributed by atoms with E-state index in [4.69, 9.17) is 10.4 Å². The average Bonchev–Trinajstić information content (AvgIpc) is 2.78. The van der Waals surface area contributed by atoms with Crippen molar-refractivity contribution in [1.82, 2.24) is 4.72 Å². The molecule has 0 aromatic heterocycles. The summed E-state index contributed by atoms with van der Waals surface area (Å²) >= 11 is 0. The Morgan fingerprint density at radius 1 is 0.848 bits per heavy atom. The smallest absolute Gasteiger partial charge is 0.308 e. The Morgan fingerprint density at radius 3 is 2.06 bits per heavy atom. The van der Waals surface area contributed by atoms with Crippen molar-refractivity contribution in [2.24, 2.45) is 5.14 Å². The molecule has 0 aliphatic carbocycles. The van der Waals surface area contributed by atoms with Gasteiger partial charge >= 0.3 is 6.03 Å². The van der Waals surface area contributed by atoms with Crippen LogP contribution in [0.1, 0.15) is 11.1 Å². The molecule has 33 heavy (non-hydrogen) atoms. The van der Waals surface area contributed by atoms with Gasteiger partial charge in [0.25, 0.3) is 0 Å². The summed E-state index contributed by atoms with van der Waals surface area (Å²) in [6.45, 7) is -0.0581. The van der Waals surface area contributed by atoms with Gasteiger partial charge < -0.3 is 10.6 Å². The van der Waals surface area contributed by atoms with Gasteiger partial charge in [0.1, 0.15) is 0 Å². The minimum atomic E-state index is -3.85. The molecule has 0 saturated carbocycles. The van der Waals surface area contributed by atoms with E-state index in [9.17, 15) is 21.6 Å². The zero-order valence-corrected chi connectivity index (χ0v) is 18.7. The number of hydrogen-bond acceptors (Lipinski definition) is 6. The molecule has 170 valence electrons. The number of nitrogens with two attached hydrogens (primary N) is 1. The van der Waals surface area contributed by atoms with Crippen LogP contribution in [0.5, 0.6) is 0 Å². The summed E-state index contributed by atoms with van der Waals surface area (Å²) in [5, 5.41) is 19.1. The topological polar surface area (TPSA) is 171 Å². The van der Waals surface area contributed by atoms with Crippen molar-refractivity contribution in [3.63, 3.8) is 0 Å². The summed E-state index contributed by atoms with van der Waals surface area (Å²) in [5.74, 6) is 0. The highest BCUT2D eigenvalue weighted by atomic mass is 32.2. The van der Waals surface area contributed by atoms with Crippen LogP contribution in [0.2, 0.25) is 0 Å². The molecule has 0 bridgehead atoms. The maximum atomic E-state index is 12.5. The van der Waals surface area contributed by atoms with Crippen LogP contribution in [0.3, 0.4) is 0 Å². The first-order valence-corrected chi connectivity index (χ1v) is 12.4. The van der Waals surface area contributed by atoms with Gasteiger partial charge in [0, 0.05) is 17.9 Å². The number of urea groups is 1. The van der Waals surface area contributed by atoms with E-state index < -0.39 is 26.1 Å². The second-order valence-corrected chi connectivity index (χ2v) is 10.1. The molecular formula is C21H19N5O5S2. The van der Waals surface area contributed by atoms with Gasteiger partial charge in [0.2, 0.25) is 20.0 Å². The molecule has 5 N–H and O–H groups in total. The summed E-state index contributed by atoms with van der Waals surface area (Å²) in [6.07, 6.45) is 0. The molecule has 0 spiro atoms. The maximum Gasteiger partial charge on any atom is 0.323 e. The SMILES string of the molecule is N#Cc1cccc(NC(=O)Nc2ccc(S(=O)(=O)NCc3ccc(S(N)(=O)=O)cc3)cc2)c1. The van der Waals surface area contributed by atoms with E-state index in [0.717, 1.165) is 0 Å². The zero-order chi connectivity index (χ0) is 24.1. The van der Waals surface area contributed by atoms with E-state index in [2.05, 4.69) is 15.4 Å². The number of rotatable bonds is 7. The molecule has 3 rings (SSSR count). The molecule has 0 heterocycles.